The van der Waals surface area contributed by atoms with Crippen molar-refractivity contribution < 1.29 is 14.8 Å². The molecular weight excluding hydrogens is 260 g/mol. The highest BCUT2D eigenvalue weighted by molar-refractivity contribution is 6.30. The standard InChI is InChI=1S/C11H11ClN2O4/c12-7-1-2-8(9(5-7)14(17)18)13-6-11(3-4-11)10(15)16/h1-2,5,13H,3-4,6H2,(H,15,16). The highest BCUT2D eigenvalue weighted by Crippen LogP contribution is 2.46. The van der Waals surface area contributed by atoms with Gasteiger partial charge in [0, 0.05) is 17.6 Å². The van der Waals surface area contributed by atoms with Gasteiger partial charge in [0.2, 0.25) is 0 Å². The summed E-state index contributed by atoms with van der Waals surface area (Å²) in [5, 5.41) is 22.9. The summed E-state index contributed by atoms with van der Waals surface area (Å²) in [6.45, 7) is 0.185. The van der Waals surface area contributed by atoms with Crippen LogP contribution in [-0.4, -0.2) is 22.5 Å². The second-order valence-corrected chi connectivity index (χ2v) is 4.79. The van der Waals surface area contributed by atoms with Crippen LogP contribution in [0.1, 0.15) is 12.8 Å². The molecule has 96 valence electrons. The fourth-order valence-corrected chi connectivity index (χ4v) is 1.85. The van der Waals surface area contributed by atoms with Gasteiger partial charge in [0.15, 0.2) is 0 Å². The van der Waals surface area contributed by atoms with Crippen LogP contribution in [-0.2, 0) is 4.79 Å². The Morgan fingerprint density at radius 3 is 2.72 bits per heavy atom. The van der Waals surface area contributed by atoms with Crippen molar-refractivity contribution in [1.82, 2.24) is 0 Å². The average Bonchev–Trinajstić information content (AvgIpc) is 3.08. The molecule has 0 aromatic heterocycles. The zero-order chi connectivity index (χ0) is 13.3. The van der Waals surface area contributed by atoms with Gasteiger partial charge in [-0.05, 0) is 25.0 Å². The maximum atomic E-state index is 11.0. The molecule has 1 aliphatic rings. The van der Waals surface area contributed by atoms with E-state index >= 15 is 0 Å². The molecule has 6 nitrogen and oxygen atoms in total. The van der Waals surface area contributed by atoms with Crippen LogP contribution in [0, 0.1) is 15.5 Å². The van der Waals surface area contributed by atoms with Gasteiger partial charge in [-0.15, -0.1) is 0 Å². The van der Waals surface area contributed by atoms with Gasteiger partial charge in [-0.1, -0.05) is 11.6 Å². The third-order valence-corrected chi connectivity index (χ3v) is 3.32. The molecule has 1 aromatic carbocycles. The Labute approximate surface area is 108 Å². The van der Waals surface area contributed by atoms with E-state index in [0.717, 1.165) is 0 Å². The summed E-state index contributed by atoms with van der Waals surface area (Å²) in [6.07, 6.45) is 1.19. The molecule has 1 aromatic rings. The molecule has 0 heterocycles. The normalized spacial score (nSPS) is 16.1. The van der Waals surface area contributed by atoms with E-state index in [-0.39, 0.29) is 22.9 Å². The van der Waals surface area contributed by atoms with Crippen LogP contribution in [0.25, 0.3) is 0 Å². The van der Waals surface area contributed by atoms with E-state index in [4.69, 9.17) is 16.7 Å². The molecule has 1 aliphatic carbocycles. The number of rotatable bonds is 5. The molecule has 0 atom stereocenters. The van der Waals surface area contributed by atoms with Crippen LogP contribution >= 0.6 is 11.6 Å². The summed E-state index contributed by atoms with van der Waals surface area (Å²) in [7, 11) is 0. The SMILES string of the molecule is O=C(O)C1(CNc2ccc(Cl)cc2[N+](=O)[O-])CC1. The van der Waals surface area contributed by atoms with E-state index in [1.54, 1.807) is 0 Å². The number of halogens is 1. The van der Waals surface area contributed by atoms with Gasteiger partial charge in [0.05, 0.1) is 10.3 Å². The molecule has 1 saturated carbocycles. The number of benzene rings is 1. The Kier molecular flexibility index (Phi) is 3.13. The number of nitro groups is 1. The van der Waals surface area contributed by atoms with Crippen LogP contribution in [0.5, 0.6) is 0 Å². The van der Waals surface area contributed by atoms with Crippen LogP contribution in [0.4, 0.5) is 11.4 Å². The molecule has 1 fully saturated rings. The van der Waals surface area contributed by atoms with Crippen molar-refractivity contribution >= 4 is 28.9 Å². The monoisotopic (exact) mass is 270 g/mol. The number of carboxylic acids is 1. The lowest BCUT2D eigenvalue weighted by molar-refractivity contribution is -0.383. The van der Waals surface area contributed by atoms with Gasteiger partial charge in [-0.2, -0.15) is 0 Å². The Morgan fingerprint density at radius 1 is 1.56 bits per heavy atom. The van der Waals surface area contributed by atoms with Crippen molar-refractivity contribution in [3.05, 3.63) is 33.3 Å². The van der Waals surface area contributed by atoms with E-state index in [0.29, 0.717) is 12.8 Å². The van der Waals surface area contributed by atoms with Crippen molar-refractivity contribution in [3.63, 3.8) is 0 Å². The predicted molar refractivity (Wildman–Crippen MR) is 65.9 cm³/mol. The van der Waals surface area contributed by atoms with Gasteiger partial charge < -0.3 is 10.4 Å². The lowest BCUT2D eigenvalue weighted by Gasteiger charge is -2.12. The quantitative estimate of drug-likeness (QED) is 0.633. The predicted octanol–water partition coefficient (Wildman–Crippen LogP) is 2.52. The van der Waals surface area contributed by atoms with Gasteiger partial charge in [-0.25, -0.2) is 0 Å². The molecule has 0 amide bonds. The Morgan fingerprint density at radius 2 is 2.22 bits per heavy atom. The Bertz CT molecular complexity index is 514. The number of nitro benzene ring substituents is 1. The largest absolute Gasteiger partial charge is 0.481 e. The fourth-order valence-electron chi connectivity index (χ4n) is 1.69. The molecule has 18 heavy (non-hydrogen) atoms. The number of hydrogen-bond acceptors (Lipinski definition) is 4. The second-order valence-electron chi connectivity index (χ2n) is 4.36. The average molecular weight is 271 g/mol. The number of nitrogens with one attached hydrogen (secondary N) is 1. The van der Waals surface area contributed by atoms with Crippen molar-refractivity contribution in [1.29, 1.82) is 0 Å². The van der Waals surface area contributed by atoms with Crippen LogP contribution in [0.3, 0.4) is 0 Å². The van der Waals surface area contributed by atoms with E-state index in [2.05, 4.69) is 5.32 Å². The molecule has 0 bridgehead atoms. The molecule has 0 spiro atoms. The van der Waals surface area contributed by atoms with E-state index in [1.807, 2.05) is 0 Å². The summed E-state index contributed by atoms with van der Waals surface area (Å²) >= 11 is 5.69. The van der Waals surface area contributed by atoms with Crippen LogP contribution < -0.4 is 5.32 Å². The van der Waals surface area contributed by atoms with Gasteiger partial charge in [-0.3, -0.25) is 14.9 Å². The van der Waals surface area contributed by atoms with Gasteiger partial charge in [0.1, 0.15) is 5.69 Å². The van der Waals surface area contributed by atoms with Gasteiger partial charge >= 0.3 is 5.97 Å². The summed E-state index contributed by atoms with van der Waals surface area (Å²) < 4.78 is 0. The van der Waals surface area contributed by atoms with Gasteiger partial charge in [0.25, 0.3) is 5.69 Å². The summed E-state index contributed by atoms with van der Waals surface area (Å²) in [4.78, 5) is 21.3. The maximum absolute atomic E-state index is 11.0. The molecule has 0 aliphatic heterocycles. The number of nitrogens with zero attached hydrogens (tertiary/aromatic N) is 1. The number of anilines is 1. The Hall–Kier alpha value is -1.82. The first-order chi connectivity index (χ1) is 8.44. The minimum atomic E-state index is -0.869. The highest BCUT2D eigenvalue weighted by Gasteiger charge is 2.50. The number of aliphatic carboxylic acids is 1. The van der Waals surface area contributed by atoms with E-state index in [9.17, 15) is 14.9 Å². The minimum absolute atomic E-state index is 0.149. The molecule has 2 rings (SSSR count). The summed E-state index contributed by atoms with van der Waals surface area (Å²) in [6, 6.07) is 4.25. The first-order valence-electron chi connectivity index (χ1n) is 5.36. The third-order valence-electron chi connectivity index (χ3n) is 3.08. The smallest absolute Gasteiger partial charge is 0.311 e. The third kappa shape index (κ3) is 2.38. The van der Waals surface area contributed by atoms with Crippen molar-refractivity contribution in [2.75, 3.05) is 11.9 Å². The number of carboxylic acid groups (broad SMARTS) is 1. The van der Waals surface area contributed by atoms with Crippen molar-refractivity contribution in [2.45, 2.75) is 12.8 Å². The van der Waals surface area contributed by atoms with Crippen LogP contribution in [0.2, 0.25) is 5.02 Å². The lowest BCUT2D eigenvalue weighted by Crippen LogP contribution is -2.24. The second kappa shape index (κ2) is 4.45. The molecule has 2 N–H and O–H groups in total. The topological polar surface area (TPSA) is 92.5 Å². The molecule has 0 saturated heterocycles. The fraction of sp³-hybridized carbons (Fsp3) is 0.364. The van der Waals surface area contributed by atoms with Crippen molar-refractivity contribution in [3.8, 4) is 0 Å². The van der Waals surface area contributed by atoms with E-state index in [1.165, 1.54) is 18.2 Å². The number of carbonyl (C=O) groups is 1. The minimum Gasteiger partial charge on any atom is -0.481 e. The maximum Gasteiger partial charge on any atom is 0.311 e. The summed E-state index contributed by atoms with van der Waals surface area (Å²) in [5.74, 6) is -0.869. The molecule has 7 heteroatoms. The number of hydrogen-bond donors (Lipinski definition) is 2. The first kappa shape index (κ1) is 12.6. The summed E-state index contributed by atoms with van der Waals surface area (Å²) in [5.41, 5.74) is -0.631. The van der Waals surface area contributed by atoms with Crippen molar-refractivity contribution in [2.24, 2.45) is 5.41 Å². The van der Waals surface area contributed by atoms with Crippen LogP contribution in [0.15, 0.2) is 18.2 Å². The zero-order valence-corrected chi connectivity index (χ0v) is 10.1. The van der Waals surface area contributed by atoms with E-state index < -0.39 is 16.3 Å². The lowest BCUT2D eigenvalue weighted by atomic mass is 10.1. The highest BCUT2D eigenvalue weighted by atomic mass is 35.5. The zero-order valence-electron chi connectivity index (χ0n) is 9.35. The molecule has 0 unspecified atom stereocenters. The molecular formula is C11H11ClN2O4. The molecule has 0 radical (unpaired) electrons. The first-order valence-corrected chi connectivity index (χ1v) is 5.74. The Balaban J connectivity index is 2.15.